The zero-order valence-corrected chi connectivity index (χ0v) is 13.4. The van der Waals surface area contributed by atoms with E-state index < -0.39 is 0 Å². The largest absolute Gasteiger partial charge is 0.489 e. The molecule has 0 aliphatic carbocycles. The maximum atomic E-state index is 11.6. The van der Waals surface area contributed by atoms with Crippen LogP contribution in [-0.4, -0.2) is 17.6 Å². The summed E-state index contributed by atoms with van der Waals surface area (Å²) < 4.78 is 5.55. The normalized spacial score (nSPS) is 9.81. The third-order valence-corrected chi connectivity index (χ3v) is 2.79. The van der Waals surface area contributed by atoms with Crippen molar-refractivity contribution in [3.8, 4) is 5.75 Å². The van der Waals surface area contributed by atoms with Gasteiger partial charge < -0.3 is 15.4 Å². The molecular weight excluding hydrogens is 284 g/mol. The van der Waals surface area contributed by atoms with Gasteiger partial charge in [0, 0.05) is 18.2 Å². The van der Waals surface area contributed by atoms with Crippen molar-refractivity contribution in [1.82, 2.24) is 5.32 Å². The molecule has 0 unspecified atom stereocenters. The van der Waals surface area contributed by atoms with Crippen LogP contribution in [0.25, 0.3) is 0 Å². The van der Waals surface area contributed by atoms with E-state index in [-0.39, 0.29) is 5.91 Å². The number of hydrogen-bond donors (Lipinski definition) is 2. The van der Waals surface area contributed by atoms with Gasteiger partial charge in [-0.25, -0.2) is 0 Å². The second-order valence-electron chi connectivity index (χ2n) is 4.88. The Morgan fingerprint density at radius 3 is 2.86 bits per heavy atom. The first-order valence-corrected chi connectivity index (χ1v) is 7.40. The maximum Gasteiger partial charge on any atom is 0.226 e. The fourth-order valence-electron chi connectivity index (χ4n) is 1.56. The van der Waals surface area contributed by atoms with Gasteiger partial charge in [-0.15, -0.1) is 0 Å². The number of nitrogens with one attached hydrogen (secondary N) is 2. The van der Waals surface area contributed by atoms with Crippen molar-refractivity contribution in [2.45, 2.75) is 33.1 Å². The van der Waals surface area contributed by atoms with Crippen molar-refractivity contribution < 1.29 is 9.53 Å². The van der Waals surface area contributed by atoms with Crippen LogP contribution in [-0.2, 0) is 4.79 Å². The molecule has 0 spiro atoms. The maximum absolute atomic E-state index is 11.6. The lowest BCUT2D eigenvalue weighted by molar-refractivity contribution is -0.119. The van der Waals surface area contributed by atoms with Crippen LogP contribution in [0.1, 0.15) is 33.1 Å². The number of ether oxygens (including phenoxy) is 1. The summed E-state index contributed by atoms with van der Waals surface area (Å²) in [7, 11) is 0. The van der Waals surface area contributed by atoms with Crippen molar-refractivity contribution in [2.24, 2.45) is 0 Å². The van der Waals surface area contributed by atoms with E-state index in [4.69, 9.17) is 17.0 Å². The monoisotopic (exact) mass is 306 g/mol. The Hall–Kier alpha value is -1.88. The SMILES string of the molecule is C=C(C)COc1cccc(NC(=S)NC(=O)CCCC)c1. The summed E-state index contributed by atoms with van der Waals surface area (Å²) in [5.41, 5.74) is 1.72. The number of amides is 1. The highest BCUT2D eigenvalue weighted by Crippen LogP contribution is 2.17. The predicted molar refractivity (Wildman–Crippen MR) is 90.6 cm³/mol. The van der Waals surface area contributed by atoms with Crippen LogP contribution in [0.5, 0.6) is 5.75 Å². The number of carbonyl (C=O) groups excluding carboxylic acids is 1. The molecule has 0 aliphatic heterocycles. The van der Waals surface area contributed by atoms with Gasteiger partial charge >= 0.3 is 0 Å². The van der Waals surface area contributed by atoms with E-state index in [0.717, 1.165) is 29.9 Å². The van der Waals surface area contributed by atoms with Crippen LogP contribution in [0, 0.1) is 0 Å². The molecule has 0 bridgehead atoms. The molecule has 5 heteroatoms. The molecule has 1 rings (SSSR count). The smallest absolute Gasteiger partial charge is 0.226 e. The molecule has 0 saturated carbocycles. The summed E-state index contributed by atoms with van der Waals surface area (Å²) in [6.45, 7) is 8.21. The summed E-state index contributed by atoms with van der Waals surface area (Å²) in [6, 6.07) is 7.40. The van der Waals surface area contributed by atoms with Crippen LogP contribution in [0.2, 0.25) is 0 Å². The highest BCUT2D eigenvalue weighted by molar-refractivity contribution is 7.80. The van der Waals surface area contributed by atoms with Gasteiger partial charge in [-0.2, -0.15) is 0 Å². The zero-order chi connectivity index (χ0) is 15.7. The Kier molecular flexibility index (Phi) is 7.46. The quantitative estimate of drug-likeness (QED) is 0.596. The Morgan fingerprint density at radius 1 is 1.43 bits per heavy atom. The van der Waals surface area contributed by atoms with E-state index in [1.54, 1.807) is 0 Å². The lowest BCUT2D eigenvalue weighted by atomic mass is 10.2. The molecule has 2 N–H and O–H groups in total. The molecule has 0 heterocycles. The van der Waals surface area contributed by atoms with Gasteiger partial charge in [-0.1, -0.05) is 26.0 Å². The molecule has 0 saturated heterocycles. The Balaban J connectivity index is 2.50. The first kappa shape index (κ1) is 17.2. The molecule has 21 heavy (non-hydrogen) atoms. The third-order valence-electron chi connectivity index (χ3n) is 2.59. The average Bonchev–Trinajstić information content (AvgIpc) is 2.43. The molecule has 114 valence electrons. The van der Waals surface area contributed by atoms with Crippen molar-refractivity contribution in [1.29, 1.82) is 0 Å². The topological polar surface area (TPSA) is 50.4 Å². The fraction of sp³-hybridized carbons (Fsp3) is 0.375. The summed E-state index contributed by atoms with van der Waals surface area (Å²) in [4.78, 5) is 11.6. The molecule has 4 nitrogen and oxygen atoms in total. The molecule has 1 aromatic rings. The van der Waals surface area contributed by atoms with Crippen LogP contribution >= 0.6 is 12.2 Å². The van der Waals surface area contributed by atoms with E-state index in [9.17, 15) is 4.79 Å². The Morgan fingerprint density at radius 2 is 2.19 bits per heavy atom. The van der Waals surface area contributed by atoms with E-state index in [0.29, 0.717) is 18.1 Å². The van der Waals surface area contributed by atoms with E-state index in [2.05, 4.69) is 17.2 Å². The van der Waals surface area contributed by atoms with Gasteiger partial charge in [-0.3, -0.25) is 4.79 Å². The van der Waals surface area contributed by atoms with E-state index >= 15 is 0 Å². The van der Waals surface area contributed by atoms with Crippen molar-refractivity contribution in [3.05, 3.63) is 36.4 Å². The molecule has 0 aromatic heterocycles. The van der Waals surface area contributed by atoms with Crippen LogP contribution < -0.4 is 15.4 Å². The van der Waals surface area contributed by atoms with Gasteiger partial charge in [0.15, 0.2) is 5.11 Å². The number of unbranched alkanes of at least 4 members (excludes halogenated alkanes) is 1. The first-order valence-electron chi connectivity index (χ1n) is 6.99. The highest BCUT2D eigenvalue weighted by Gasteiger charge is 2.05. The second-order valence-corrected chi connectivity index (χ2v) is 5.29. The number of carbonyl (C=O) groups is 1. The van der Waals surface area contributed by atoms with Crippen molar-refractivity contribution in [3.63, 3.8) is 0 Å². The molecule has 0 atom stereocenters. The first-order chi connectivity index (χ1) is 10.0. The number of rotatable bonds is 7. The standard InChI is InChI=1S/C16H22N2O2S/c1-4-5-9-15(19)18-16(21)17-13-7-6-8-14(10-13)20-11-12(2)3/h6-8,10H,2,4-5,9,11H2,1,3H3,(H2,17,18,19,21). The van der Waals surface area contributed by atoms with Crippen LogP contribution in [0.4, 0.5) is 5.69 Å². The van der Waals surface area contributed by atoms with Gasteiger partial charge in [-0.05, 0) is 43.3 Å². The summed E-state index contributed by atoms with van der Waals surface area (Å²) >= 11 is 5.11. The molecular formula is C16H22N2O2S. The number of benzene rings is 1. The fourth-order valence-corrected chi connectivity index (χ4v) is 1.79. The molecule has 1 aromatic carbocycles. The van der Waals surface area contributed by atoms with Gasteiger partial charge in [0.1, 0.15) is 12.4 Å². The zero-order valence-electron chi connectivity index (χ0n) is 12.6. The second kappa shape index (κ2) is 9.13. The number of thiocarbonyl (C=S) groups is 1. The minimum atomic E-state index is -0.0657. The van der Waals surface area contributed by atoms with Gasteiger partial charge in [0.2, 0.25) is 5.91 Å². The summed E-state index contributed by atoms with van der Waals surface area (Å²) in [6.07, 6.45) is 2.33. The van der Waals surface area contributed by atoms with E-state index in [1.807, 2.05) is 38.1 Å². The third kappa shape index (κ3) is 7.46. The highest BCUT2D eigenvalue weighted by atomic mass is 32.1. The van der Waals surface area contributed by atoms with Gasteiger partial charge in [0.05, 0.1) is 0 Å². The number of anilines is 1. The molecule has 0 aliphatic rings. The van der Waals surface area contributed by atoms with Crippen molar-refractivity contribution in [2.75, 3.05) is 11.9 Å². The lowest BCUT2D eigenvalue weighted by Gasteiger charge is -2.11. The Labute approximate surface area is 131 Å². The molecule has 0 radical (unpaired) electrons. The van der Waals surface area contributed by atoms with Crippen LogP contribution in [0.15, 0.2) is 36.4 Å². The average molecular weight is 306 g/mol. The molecule has 1 amide bonds. The minimum Gasteiger partial charge on any atom is -0.489 e. The van der Waals surface area contributed by atoms with E-state index in [1.165, 1.54) is 0 Å². The van der Waals surface area contributed by atoms with Crippen molar-refractivity contribution >= 4 is 28.9 Å². The van der Waals surface area contributed by atoms with Gasteiger partial charge in [0.25, 0.3) is 0 Å². The van der Waals surface area contributed by atoms with Crippen LogP contribution in [0.3, 0.4) is 0 Å². The molecule has 0 fully saturated rings. The summed E-state index contributed by atoms with van der Waals surface area (Å²) in [5.74, 6) is 0.659. The predicted octanol–water partition coefficient (Wildman–Crippen LogP) is 3.64. The number of hydrogen-bond acceptors (Lipinski definition) is 3. The lowest BCUT2D eigenvalue weighted by Crippen LogP contribution is -2.33. The Bertz CT molecular complexity index is 515. The minimum absolute atomic E-state index is 0.0657. The summed E-state index contributed by atoms with van der Waals surface area (Å²) in [5, 5.41) is 5.93.